The highest BCUT2D eigenvalue weighted by Crippen LogP contribution is 2.32. The van der Waals surface area contributed by atoms with Crippen molar-refractivity contribution in [1.82, 2.24) is 0 Å². The topological polar surface area (TPSA) is 86.7 Å². The van der Waals surface area contributed by atoms with Crippen LogP contribution in [0.25, 0.3) is 0 Å². The van der Waals surface area contributed by atoms with Gasteiger partial charge in [0.25, 0.3) is 0 Å². The number of carbonyl (C=O) groups excluding carboxylic acids is 2. The van der Waals surface area contributed by atoms with Gasteiger partial charge in [0.2, 0.25) is 11.8 Å². The maximum absolute atomic E-state index is 12.5. The molecule has 0 aromatic heterocycles. The molecule has 0 fully saturated rings. The number of hydrogen-bond donors (Lipinski definition) is 2. The number of carbonyl (C=O) groups is 3. The zero-order valence-corrected chi connectivity index (χ0v) is 15.4. The average molecular weight is 366 g/mol. The minimum absolute atomic E-state index is 0.00868. The molecule has 2 aromatic rings. The quantitative estimate of drug-likeness (QED) is 0.852. The van der Waals surface area contributed by atoms with Gasteiger partial charge in [0, 0.05) is 31.3 Å². The maximum atomic E-state index is 12.5. The molecule has 0 aliphatic carbocycles. The lowest BCUT2D eigenvalue weighted by Gasteiger charge is -2.24. The van der Waals surface area contributed by atoms with Crippen molar-refractivity contribution in [2.24, 2.45) is 0 Å². The van der Waals surface area contributed by atoms with Gasteiger partial charge in [-0.1, -0.05) is 30.3 Å². The van der Waals surface area contributed by atoms with Crippen LogP contribution in [0.4, 0.5) is 11.4 Å². The number of carboxylic acids is 1. The molecule has 0 bridgehead atoms. The summed E-state index contributed by atoms with van der Waals surface area (Å²) in [6.45, 7) is 3.71. The highest BCUT2D eigenvalue weighted by Gasteiger charge is 2.37. The van der Waals surface area contributed by atoms with Crippen molar-refractivity contribution in [3.63, 3.8) is 0 Å². The van der Waals surface area contributed by atoms with E-state index in [4.69, 9.17) is 0 Å². The molecule has 0 saturated carbocycles. The van der Waals surface area contributed by atoms with E-state index in [0.29, 0.717) is 17.8 Å². The third-order valence-corrected chi connectivity index (χ3v) is 5.04. The molecule has 2 amide bonds. The van der Waals surface area contributed by atoms with Crippen molar-refractivity contribution < 1.29 is 19.5 Å². The molecule has 140 valence electrons. The molecule has 2 aromatic carbocycles. The Morgan fingerprint density at radius 1 is 1.15 bits per heavy atom. The molecule has 6 nitrogen and oxygen atoms in total. The van der Waals surface area contributed by atoms with E-state index in [1.807, 2.05) is 12.1 Å². The Morgan fingerprint density at radius 3 is 2.48 bits per heavy atom. The van der Waals surface area contributed by atoms with Crippen LogP contribution in [0.1, 0.15) is 31.4 Å². The van der Waals surface area contributed by atoms with Gasteiger partial charge in [-0.2, -0.15) is 0 Å². The number of aliphatic carboxylic acids is 1. The minimum Gasteiger partial charge on any atom is -0.481 e. The van der Waals surface area contributed by atoms with E-state index >= 15 is 0 Å². The molecule has 0 radical (unpaired) electrons. The van der Waals surface area contributed by atoms with E-state index in [-0.39, 0.29) is 18.2 Å². The second kappa shape index (κ2) is 7.23. The predicted octanol–water partition coefficient (Wildman–Crippen LogP) is 2.97. The Bertz CT molecular complexity index is 894. The average Bonchev–Trinajstić information content (AvgIpc) is 3.05. The fourth-order valence-corrected chi connectivity index (χ4v) is 3.44. The van der Waals surface area contributed by atoms with Crippen LogP contribution in [-0.2, 0) is 26.2 Å². The summed E-state index contributed by atoms with van der Waals surface area (Å²) in [6.07, 6.45) is 0.554. The van der Waals surface area contributed by atoms with Crippen LogP contribution in [-0.4, -0.2) is 29.4 Å². The molecule has 27 heavy (non-hydrogen) atoms. The van der Waals surface area contributed by atoms with Gasteiger partial charge in [-0.25, -0.2) is 0 Å². The fraction of sp³-hybridized carbons (Fsp3) is 0.286. The van der Waals surface area contributed by atoms with Gasteiger partial charge >= 0.3 is 5.97 Å². The van der Waals surface area contributed by atoms with Crippen molar-refractivity contribution in [3.05, 3.63) is 59.7 Å². The predicted molar refractivity (Wildman–Crippen MR) is 103 cm³/mol. The van der Waals surface area contributed by atoms with Crippen molar-refractivity contribution in [2.75, 3.05) is 16.8 Å². The minimum atomic E-state index is -1.31. The van der Waals surface area contributed by atoms with Crippen LogP contribution >= 0.6 is 0 Å². The van der Waals surface area contributed by atoms with Gasteiger partial charge in [0.05, 0.1) is 5.41 Å². The fourth-order valence-electron chi connectivity index (χ4n) is 3.44. The van der Waals surface area contributed by atoms with Crippen LogP contribution in [0.5, 0.6) is 0 Å². The van der Waals surface area contributed by atoms with Gasteiger partial charge in [0.15, 0.2) is 0 Å². The van der Waals surface area contributed by atoms with E-state index in [1.54, 1.807) is 48.2 Å². The molecule has 1 heterocycles. The number of nitrogens with one attached hydrogen (secondary N) is 1. The maximum Gasteiger partial charge on any atom is 0.314 e. The largest absolute Gasteiger partial charge is 0.481 e. The third-order valence-electron chi connectivity index (χ3n) is 5.04. The Balaban J connectivity index is 1.76. The molecular weight excluding hydrogens is 344 g/mol. The number of amides is 2. The first-order chi connectivity index (χ1) is 12.8. The highest BCUT2D eigenvalue weighted by molar-refractivity contribution is 5.98. The number of nitrogens with zero attached hydrogens (tertiary/aromatic N) is 1. The lowest BCUT2D eigenvalue weighted by Crippen LogP contribution is -2.36. The van der Waals surface area contributed by atoms with E-state index < -0.39 is 11.4 Å². The molecule has 0 unspecified atom stereocenters. The first-order valence-electron chi connectivity index (χ1n) is 8.81. The lowest BCUT2D eigenvalue weighted by atomic mass is 9.79. The van der Waals surface area contributed by atoms with E-state index in [2.05, 4.69) is 5.32 Å². The van der Waals surface area contributed by atoms with Crippen LogP contribution in [0.3, 0.4) is 0 Å². The summed E-state index contributed by atoms with van der Waals surface area (Å²) in [5.41, 5.74) is 1.73. The molecule has 0 spiro atoms. The summed E-state index contributed by atoms with van der Waals surface area (Å²) in [5.74, 6) is -1.43. The number of anilines is 2. The first kappa shape index (κ1) is 18.6. The number of fused-ring (bicyclic) bond motifs is 1. The van der Waals surface area contributed by atoms with Crippen molar-refractivity contribution in [3.8, 4) is 0 Å². The van der Waals surface area contributed by atoms with Crippen LogP contribution < -0.4 is 10.2 Å². The third kappa shape index (κ3) is 3.69. The molecule has 1 aliphatic heterocycles. The highest BCUT2D eigenvalue weighted by atomic mass is 16.4. The number of rotatable bonds is 5. The Morgan fingerprint density at radius 2 is 1.85 bits per heavy atom. The van der Waals surface area contributed by atoms with Crippen LogP contribution in [0, 0.1) is 0 Å². The first-order valence-corrected chi connectivity index (χ1v) is 8.81. The molecule has 0 saturated heterocycles. The Hall–Kier alpha value is -3.15. The standard InChI is InChI=1S/C21H22N2O4/c1-14(24)23-11-10-15-12-17(8-9-18(15)23)22-19(25)13-21(2,20(26)27)16-6-4-3-5-7-16/h3-9,12H,10-11,13H2,1-2H3,(H,22,25)(H,26,27)/t21-/m0/s1. The molecule has 2 N–H and O–H groups in total. The molecule has 3 rings (SSSR count). The summed E-state index contributed by atoms with van der Waals surface area (Å²) in [5, 5.41) is 12.5. The van der Waals surface area contributed by atoms with Gasteiger partial charge in [-0.3, -0.25) is 14.4 Å². The summed E-state index contributed by atoms with van der Waals surface area (Å²) >= 11 is 0. The van der Waals surface area contributed by atoms with Gasteiger partial charge in [-0.05, 0) is 42.7 Å². The monoisotopic (exact) mass is 366 g/mol. The van der Waals surface area contributed by atoms with Crippen molar-refractivity contribution in [2.45, 2.75) is 32.1 Å². The smallest absolute Gasteiger partial charge is 0.314 e. The summed E-state index contributed by atoms with van der Waals surface area (Å²) < 4.78 is 0. The van der Waals surface area contributed by atoms with Gasteiger partial charge in [-0.15, -0.1) is 0 Å². The summed E-state index contributed by atoms with van der Waals surface area (Å²) in [7, 11) is 0. The SMILES string of the molecule is CC(=O)N1CCc2cc(NC(=O)C[C@](C)(C(=O)O)c3ccccc3)ccc21. The Kier molecular flexibility index (Phi) is 4.99. The number of benzene rings is 2. The summed E-state index contributed by atoms with van der Waals surface area (Å²) in [4.78, 5) is 37.7. The van der Waals surface area contributed by atoms with Gasteiger partial charge < -0.3 is 15.3 Å². The number of hydrogen-bond acceptors (Lipinski definition) is 3. The van der Waals surface area contributed by atoms with Crippen LogP contribution in [0.15, 0.2) is 48.5 Å². The second-order valence-electron chi connectivity index (χ2n) is 6.99. The van der Waals surface area contributed by atoms with E-state index in [1.165, 1.54) is 6.92 Å². The molecule has 1 atom stereocenters. The summed E-state index contributed by atoms with van der Waals surface area (Å²) in [6, 6.07) is 14.1. The molecular formula is C21H22N2O4. The van der Waals surface area contributed by atoms with Crippen molar-refractivity contribution >= 4 is 29.2 Å². The Labute approximate surface area is 157 Å². The normalized spacial score (nSPS) is 15.0. The zero-order valence-electron chi connectivity index (χ0n) is 15.4. The molecule has 6 heteroatoms. The van der Waals surface area contributed by atoms with E-state index in [9.17, 15) is 19.5 Å². The van der Waals surface area contributed by atoms with Gasteiger partial charge in [0.1, 0.15) is 0 Å². The lowest BCUT2D eigenvalue weighted by molar-refractivity contribution is -0.145. The van der Waals surface area contributed by atoms with Crippen LogP contribution in [0.2, 0.25) is 0 Å². The molecule has 1 aliphatic rings. The second-order valence-corrected chi connectivity index (χ2v) is 6.99. The zero-order chi connectivity index (χ0) is 19.6. The number of carboxylic acid groups (broad SMARTS) is 1. The van der Waals surface area contributed by atoms with Crippen molar-refractivity contribution in [1.29, 1.82) is 0 Å². The van der Waals surface area contributed by atoms with E-state index in [0.717, 1.165) is 17.7 Å².